The summed E-state index contributed by atoms with van der Waals surface area (Å²) in [5.74, 6) is 0. The van der Waals surface area contributed by atoms with Gasteiger partial charge in [-0.15, -0.1) is 11.3 Å². The summed E-state index contributed by atoms with van der Waals surface area (Å²) >= 11 is 1.31. The van der Waals surface area contributed by atoms with Gasteiger partial charge < -0.3 is 0 Å². The van der Waals surface area contributed by atoms with Crippen molar-refractivity contribution in [1.29, 1.82) is 0 Å². The summed E-state index contributed by atoms with van der Waals surface area (Å²) in [7, 11) is -3.42. The molecule has 0 saturated carbocycles. The van der Waals surface area contributed by atoms with Crippen molar-refractivity contribution in [2.24, 2.45) is 0 Å². The van der Waals surface area contributed by atoms with Gasteiger partial charge in [0.05, 0.1) is 12.2 Å². The average Bonchev–Trinajstić information content (AvgIpc) is 3.21. The molecule has 3 heterocycles. The predicted molar refractivity (Wildman–Crippen MR) is 118 cm³/mol. The zero-order valence-corrected chi connectivity index (χ0v) is 18.4. The highest BCUT2D eigenvalue weighted by Crippen LogP contribution is 2.25. The number of thiophene rings is 1. The first-order valence-corrected chi connectivity index (χ1v) is 12.1. The van der Waals surface area contributed by atoms with E-state index < -0.39 is 10.0 Å². The van der Waals surface area contributed by atoms with Crippen LogP contribution < -0.4 is 5.56 Å². The standard InChI is InChI=1S/C21H24N4O3S2/c1-17-7-10-21(29-17)30(27,28)24-14-11-23(12-15-24)13-16-25-20(26)9-8-19(22-25)18-5-3-2-4-6-18/h2-10H,11-16H2,1H3. The third kappa shape index (κ3) is 4.54. The number of aryl methyl sites for hydroxylation is 1. The first-order valence-electron chi connectivity index (χ1n) is 9.86. The molecule has 7 nitrogen and oxygen atoms in total. The molecule has 3 aromatic rings. The number of hydrogen-bond donors (Lipinski definition) is 0. The molecule has 9 heteroatoms. The molecule has 30 heavy (non-hydrogen) atoms. The van der Waals surface area contributed by atoms with Crippen molar-refractivity contribution >= 4 is 21.4 Å². The molecule has 0 aliphatic carbocycles. The highest BCUT2D eigenvalue weighted by atomic mass is 32.2. The maximum atomic E-state index is 12.8. The molecule has 0 bridgehead atoms. The van der Waals surface area contributed by atoms with E-state index in [1.165, 1.54) is 16.0 Å². The van der Waals surface area contributed by atoms with Crippen LogP contribution in [0.4, 0.5) is 0 Å². The van der Waals surface area contributed by atoms with Gasteiger partial charge in [-0.1, -0.05) is 30.3 Å². The molecule has 0 amide bonds. The van der Waals surface area contributed by atoms with Crippen molar-refractivity contribution in [1.82, 2.24) is 19.0 Å². The monoisotopic (exact) mass is 444 g/mol. The molecule has 0 spiro atoms. The predicted octanol–water partition coefficient (Wildman–Crippen LogP) is 2.29. The number of nitrogens with zero attached hydrogens (tertiary/aromatic N) is 4. The van der Waals surface area contributed by atoms with E-state index in [1.807, 2.05) is 43.3 Å². The second kappa shape index (κ2) is 8.81. The lowest BCUT2D eigenvalue weighted by Crippen LogP contribution is -2.49. The van der Waals surface area contributed by atoms with Crippen molar-refractivity contribution in [2.45, 2.75) is 17.7 Å². The minimum atomic E-state index is -3.42. The molecule has 1 aliphatic heterocycles. The fourth-order valence-electron chi connectivity index (χ4n) is 3.48. The van der Waals surface area contributed by atoms with E-state index in [4.69, 9.17) is 0 Å². The number of sulfonamides is 1. The quantitative estimate of drug-likeness (QED) is 0.583. The molecular formula is C21H24N4O3S2. The number of hydrogen-bond acceptors (Lipinski definition) is 6. The van der Waals surface area contributed by atoms with Gasteiger partial charge in [0.15, 0.2) is 0 Å². The maximum absolute atomic E-state index is 12.8. The average molecular weight is 445 g/mol. The third-order valence-corrected chi connectivity index (χ3v) is 8.57. The Hall–Kier alpha value is -2.33. The fraction of sp³-hybridized carbons (Fsp3) is 0.333. The summed E-state index contributed by atoms with van der Waals surface area (Å²) in [6.07, 6.45) is 0. The lowest BCUT2D eigenvalue weighted by Gasteiger charge is -2.33. The summed E-state index contributed by atoms with van der Waals surface area (Å²) in [4.78, 5) is 15.4. The van der Waals surface area contributed by atoms with Crippen molar-refractivity contribution in [3.05, 3.63) is 69.8 Å². The lowest BCUT2D eigenvalue weighted by atomic mass is 10.1. The van der Waals surface area contributed by atoms with E-state index in [1.54, 1.807) is 22.5 Å². The molecule has 0 atom stereocenters. The molecular weight excluding hydrogens is 420 g/mol. The number of aromatic nitrogens is 2. The summed E-state index contributed by atoms with van der Waals surface area (Å²) in [6, 6.07) is 16.6. The van der Waals surface area contributed by atoms with E-state index in [0.29, 0.717) is 43.5 Å². The first kappa shape index (κ1) is 20.9. The minimum absolute atomic E-state index is 0.135. The molecule has 158 valence electrons. The normalized spacial score (nSPS) is 16.0. The Bertz CT molecular complexity index is 1160. The Morgan fingerprint density at radius 1 is 0.933 bits per heavy atom. The van der Waals surface area contributed by atoms with E-state index in [-0.39, 0.29) is 5.56 Å². The molecule has 0 radical (unpaired) electrons. The van der Waals surface area contributed by atoms with Crippen LogP contribution in [0.25, 0.3) is 11.3 Å². The van der Waals surface area contributed by atoms with Gasteiger partial charge in [0.2, 0.25) is 0 Å². The second-order valence-corrected chi connectivity index (χ2v) is 10.7. The molecule has 1 aromatic carbocycles. The molecule has 0 N–H and O–H groups in total. The Morgan fingerprint density at radius 2 is 1.67 bits per heavy atom. The lowest BCUT2D eigenvalue weighted by molar-refractivity contribution is 0.180. The smallest absolute Gasteiger partial charge is 0.266 e. The molecule has 1 saturated heterocycles. The van der Waals surface area contributed by atoms with Crippen LogP contribution in [-0.4, -0.2) is 60.1 Å². The summed E-state index contributed by atoms with van der Waals surface area (Å²) in [6.45, 7) is 5.20. The van der Waals surface area contributed by atoms with Crippen LogP contribution in [0.1, 0.15) is 4.88 Å². The molecule has 0 unspecified atom stereocenters. The van der Waals surface area contributed by atoms with Gasteiger partial charge in [0.25, 0.3) is 15.6 Å². The Morgan fingerprint density at radius 3 is 2.33 bits per heavy atom. The Labute approximate surface area is 180 Å². The van der Waals surface area contributed by atoms with Gasteiger partial charge in [-0.3, -0.25) is 9.69 Å². The summed E-state index contributed by atoms with van der Waals surface area (Å²) in [5, 5.41) is 4.50. The largest absolute Gasteiger partial charge is 0.299 e. The Kier molecular flexibility index (Phi) is 6.14. The first-order chi connectivity index (χ1) is 14.4. The third-order valence-electron chi connectivity index (χ3n) is 5.21. The van der Waals surface area contributed by atoms with Gasteiger partial charge in [-0.25, -0.2) is 13.1 Å². The maximum Gasteiger partial charge on any atom is 0.266 e. The van der Waals surface area contributed by atoms with E-state index in [0.717, 1.165) is 16.1 Å². The fourth-order valence-corrected chi connectivity index (χ4v) is 6.34. The summed E-state index contributed by atoms with van der Waals surface area (Å²) in [5.41, 5.74) is 1.59. The highest BCUT2D eigenvalue weighted by Gasteiger charge is 2.29. The minimum Gasteiger partial charge on any atom is -0.299 e. The van der Waals surface area contributed by atoms with Crippen LogP contribution in [-0.2, 0) is 16.6 Å². The molecule has 2 aromatic heterocycles. The van der Waals surface area contributed by atoms with Crippen molar-refractivity contribution < 1.29 is 8.42 Å². The number of benzene rings is 1. The van der Waals surface area contributed by atoms with Crippen molar-refractivity contribution in [3.63, 3.8) is 0 Å². The van der Waals surface area contributed by atoms with Crippen molar-refractivity contribution in [3.8, 4) is 11.3 Å². The van der Waals surface area contributed by atoms with E-state index in [9.17, 15) is 13.2 Å². The van der Waals surface area contributed by atoms with Crippen molar-refractivity contribution in [2.75, 3.05) is 32.7 Å². The van der Waals surface area contributed by atoms with E-state index >= 15 is 0 Å². The zero-order chi connectivity index (χ0) is 21.1. The molecule has 4 rings (SSSR count). The van der Waals surface area contributed by atoms with Crippen LogP contribution in [0.3, 0.4) is 0 Å². The van der Waals surface area contributed by atoms with Gasteiger partial charge in [-0.2, -0.15) is 9.40 Å². The summed E-state index contributed by atoms with van der Waals surface area (Å²) < 4.78 is 29.0. The highest BCUT2D eigenvalue weighted by molar-refractivity contribution is 7.91. The topological polar surface area (TPSA) is 75.5 Å². The second-order valence-electron chi connectivity index (χ2n) is 7.26. The molecule has 1 fully saturated rings. The number of piperazine rings is 1. The van der Waals surface area contributed by atoms with Gasteiger partial charge in [-0.05, 0) is 25.1 Å². The van der Waals surface area contributed by atoms with Crippen LogP contribution in [0.5, 0.6) is 0 Å². The van der Waals surface area contributed by atoms with Crippen LogP contribution in [0.15, 0.2) is 63.6 Å². The zero-order valence-electron chi connectivity index (χ0n) is 16.8. The van der Waals surface area contributed by atoms with Crippen LogP contribution in [0, 0.1) is 6.92 Å². The van der Waals surface area contributed by atoms with Gasteiger partial charge in [0.1, 0.15) is 4.21 Å². The van der Waals surface area contributed by atoms with Crippen LogP contribution >= 0.6 is 11.3 Å². The van der Waals surface area contributed by atoms with Gasteiger partial charge >= 0.3 is 0 Å². The van der Waals surface area contributed by atoms with E-state index in [2.05, 4.69) is 10.00 Å². The van der Waals surface area contributed by atoms with Gasteiger partial charge in [0, 0.05) is 49.2 Å². The Balaban J connectivity index is 1.37. The van der Waals surface area contributed by atoms with Crippen LogP contribution in [0.2, 0.25) is 0 Å². The number of rotatable bonds is 6. The SMILES string of the molecule is Cc1ccc(S(=O)(=O)N2CCN(CCn3nc(-c4ccccc4)ccc3=O)CC2)s1. The molecule has 1 aliphatic rings.